The standard InChI is InChI=1S/C29H35NO8/c1-16-7-6-8-20-24-28(4,37-24)17(2)22-21(15-18-9-11-19(35-5)12-10-18)30-25(32)29(20,22)38-26(33)36-14-13-27(3,34)23(16)31/h6,8-14,16-17,20-22,24,34H,7,15H2,1-5H3,(H,30,32)/t16-,17-,20-,21-,22-,24-,27+,28+,29+/m1/s1. The van der Waals surface area contributed by atoms with Gasteiger partial charge in [0.2, 0.25) is 5.60 Å². The number of amides is 1. The van der Waals surface area contributed by atoms with Crippen molar-refractivity contribution in [1.82, 2.24) is 5.32 Å². The summed E-state index contributed by atoms with van der Waals surface area (Å²) in [5.41, 5.74) is -2.89. The van der Waals surface area contributed by atoms with Gasteiger partial charge in [-0.1, -0.05) is 38.1 Å². The second-order valence-electron chi connectivity index (χ2n) is 11.3. The molecule has 3 heterocycles. The van der Waals surface area contributed by atoms with E-state index < -0.39 is 52.4 Å². The van der Waals surface area contributed by atoms with Crippen LogP contribution in [0.25, 0.3) is 0 Å². The molecule has 4 aliphatic rings. The Morgan fingerprint density at radius 3 is 2.53 bits per heavy atom. The summed E-state index contributed by atoms with van der Waals surface area (Å²) in [6.07, 6.45) is 5.15. The summed E-state index contributed by atoms with van der Waals surface area (Å²) in [6.45, 7) is 7.12. The Hall–Kier alpha value is -3.17. The summed E-state index contributed by atoms with van der Waals surface area (Å²) < 4.78 is 22.6. The van der Waals surface area contributed by atoms with Crippen LogP contribution < -0.4 is 10.1 Å². The molecule has 0 unspecified atom stereocenters. The number of carbonyl (C=O) groups excluding carboxylic acids is 3. The lowest BCUT2D eigenvalue weighted by atomic mass is 9.59. The number of hydrogen-bond donors (Lipinski definition) is 2. The van der Waals surface area contributed by atoms with Crippen LogP contribution >= 0.6 is 0 Å². The molecule has 0 bridgehead atoms. The molecular formula is C29H35NO8. The molecule has 5 rings (SSSR count). The van der Waals surface area contributed by atoms with Crippen molar-refractivity contribution >= 4 is 17.8 Å². The zero-order valence-electron chi connectivity index (χ0n) is 22.3. The molecule has 9 nitrogen and oxygen atoms in total. The maximum Gasteiger partial charge on any atom is 0.514 e. The van der Waals surface area contributed by atoms with Crippen molar-refractivity contribution < 1.29 is 38.4 Å². The van der Waals surface area contributed by atoms with E-state index in [2.05, 4.69) is 5.32 Å². The van der Waals surface area contributed by atoms with Crippen LogP contribution in [-0.4, -0.2) is 59.0 Å². The monoisotopic (exact) mass is 525 g/mol. The van der Waals surface area contributed by atoms with E-state index in [1.165, 1.54) is 6.92 Å². The van der Waals surface area contributed by atoms with Crippen LogP contribution in [0.5, 0.6) is 5.75 Å². The summed E-state index contributed by atoms with van der Waals surface area (Å²) in [5, 5.41) is 13.7. The number of ketones is 1. The first-order chi connectivity index (χ1) is 17.9. The molecule has 2 N–H and O–H groups in total. The maximum atomic E-state index is 13.9. The van der Waals surface area contributed by atoms with Crippen LogP contribution in [0.2, 0.25) is 0 Å². The number of benzene rings is 1. The quantitative estimate of drug-likeness (QED) is 0.351. The average molecular weight is 526 g/mol. The first kappa shape index (κ1) is 26.4. The number of rotatable bonds is 3. The summed E-state index contributed by atoms with van der Waals surface area (Å²) in [6, 6.07) is 7.32. The Morgan fingerprint density at radius 2 is 1.84 bits per heavy atom. The molecule has 1 aromatic rings. The summed E-state index contributed by atoms with van der Waals surface area (Å²) in [4.78, 5) is 39.7. The minimum absolute atomic E-state index is 0.125. The van der Waals surface area contributed by atoms with Gasteiger partial charge in [0, 0.05) is 17.9 Å². The van der Waals surface area contributed by atoms with Crippen molar-refractivity contribution in [2.75, 3.05) is 7.11 Å². The molecule has 3 fully saturated rings. The molecular weight excluding hydrogens is 490 g/mol. The normalized spacial score (nSPS) is 42.2. The highest BCUT2D eigenvalue weighted by molar-refractivity contribution is 5.92. The van der Waals surface area contributed by atoms with Gasteiger partial charge in [-0.15, -0.1) is 0 Å². The molecule has 3 aliphatic heterocycles. The zero-order chi connectivity index (χ0) is 27.5. The number of carbonyl (C=O) groups is 3. The minimum atomic E-state index is -1.82. The fourth-order valence-electron chi connectivity index (χ4n) is 6.65. The van der Waals surface area contributed by atoms with Gasteiger partial charge < -0.3 is 29.4 Å². The molecule has 9 atom stereocenters. The van der Waals surface area contributed by atoms with Gasteiger partial charge in [0.25, 0.3) is 5.91 Å². The van der Waals surface area contributed by atoms with E-state index in [1.807, 2.05) is 50.3 Å². The minimum Gasteiger partial charge on any atom is -0.497 e. The number of Topliss-reactive ketones (excluding diaryl/α,β-unsaturated/α-hetero) is 1. The second kappa shape index (κ2) is 9.24. The third-order valence-electron chi connectivity index (χ3n) is 8.96. The molecule has 2 saturated heterocycles. The number of ether oxygens (including phenoxy) is 4. The number of hydrogen-bond acceptors (Lipinski definition) is 8. The topological polar surface area (TPSA) is 124 Å². The van der Waals surface area contributed by atoms with E-state index in [4.69, 9.17) is 18.9 Å². The summed E-state index contributed by atoms with van der Waals surface area (Å²) >= 11 is 0. The van der Waals surface area contributed by atoms with E-state index in [-0.39, 0.29) is 18.1 Å². The molecule has 0 aromatic heterocycles. The Morgan fingerprint density at radius 1 is 1.13 bits per heavy atom. The molecule has 1 saturated carbocycles. The van der Waals surface area contributed by atoms with Crippen molar-refractivity contribution in [3.8, 4) is 5.75 Å². The molecule has 1 aromatic carbocycles. The van der Waals surface area contributed by atoms with Crippen molar-refractivity contribution in [2.24, 2.45) is 23.7 Å². The van der Waals surface area contributed by atoms with E-state index >= 15 is 0 Å². The van der Waals surface area contributed by atoms with Crippen LogP contribution in [0.3, 0.4) is 0 Å². The maximum absolute atomic E-state index is 13.9. The van der Waals surface area contributed by atoms with E-state index in [0.717, 1.165) is 23.7 Å². The number of fused-ring (bicyclic) bond motifs is 2. The van der Waals surface area contributed by atoms with Gasteiger partial charge in [-0.2, -0.15) is 0 Å². The highest BCUT2D eigenvalue weighted by atomic mass is 16.7. The van der Waals surface area contributed by atoms with Crippen molar-refractivity contribution in [2.45, 2.75) is 69.5 Å². The molecule has 0 radical (unpaired) electrons. The fourth-order valence-corrected chi connectivity index (χ4v) is 6.65. The number of aliphatic hydroxyl groups is 1. The van der Waals surface area contributed by atoms with Crippen LogP contribution in [0.15, 0.2) is 48.8 Å². The van der Waals surface area contributed by atoms with Gasteiger partial charge in [-0.05, 0) is 56.4 Å². The van der Waals surface area contributed by atoms with E-state index in [1.54, 1.807) is 14.0 Å². The van der Waals surface area contributed by atoms with Crippen LogP contribution in [-0.2, 0) is 30.2 Å². The van der Waals surface area contributed by atoms with Crippen molar-refractivity contribution in [3.05, 3.63) is 54.3 Å². The highest BCUT2D eigenvalue weighted by Crippen LogP contribution is 2.63. The number of nitrogens with one attached hydrogen (secondary N) is 1. The molecule has 1 spiro atoms. The van der Waals surface area contributed by atoms with Crippen LogP contribution in [0.4, 0.5) is 4.79 Å². The molecule has 1 amide bonds. The zero-order valence-corrected chi connectivity index (χ0v) is 22.3. The molecule has 204 valence electrons. The average Bonchev–Trinajstić information content (AvgIpc) is 3.49. The highest BCUT2D eigenvalue weighted by Gasteiger charge is 2.78. The third kappa shape index (κ3) is 4.12. The van der Waals surface area contributed by atoms with Crippen molar-refractivity contribution in [1.29, 1.82) is 0 Å². The first-order valence-electron chi connectivity index (χ1n) is 13.1. The largest absolute Gasteiger partial charge is 0.514 e. The predicted octanol–water partition coefficient (Wildman–Crippen LogP) is 3.10. The van der Waals surface area contributed by atoms with Crippen molar-refractivity contribution in [3.63, 3.8) is 0 Å². The van der Waals surface area contributed by atoms with Gasteiger partial charge in [-0.25, -0.2) is 4.79 Å². The summed E-state index contributed by atoms with van der Waals surface area (Å²) in [5.74, 6) is -1.71. The van der Waals surface area contributed by atoms with Crippen LogP contribution in [0, 0.1) is 23.7 Å². The second-order valence-corrected chi connectivity index (χ2v) is 11.3. The number of cyclic esters (lactones) is 1. The molecule has 1 aliphatic carbocycles. The van der Waals surface area contributed by atoms with Gasteiger partial charge >= 0.3 is 6.16 Å². The number of epoxide rings is 1. The molecule has 38 heavy (non-hydrogen) atoms. The van der Waals surface area contributed by atoms with E-state index in [0.29, 0.717) is 12.8 Å². The Bertz CT molecular complexity index is 1190. The Balaban J connectivity index is 1.55. The molecule has 9 heteroatoms. The Kier molecular flexibility index (Phi) is 6.43. The van der Waals surface area contributed by atoms with Gasteiger partial charge in [0.15, 0.2) is 5.78 Å². The lowest BCUT2D eigenvalue weighted by Crippen LogP contribution is -2.61. The smallest absolute Gasteiger partial charge is 0.497 e. The number of allylic oxidation sites excluding steroid dienone is 1. The van der Waals surface area contributed by atoms with Gasteiger partial charge in [0.1, 0.15) is 11.4 Å². The van der Waals surface area contributed by atoms with Crippen LogP contribution in [0.1, 0.15) is 39.7 Å². The van der Waals surface area contributed by atoms with E-state index in [9.17, 15) is 19.5 Å². The summed E-state index contributed by atoms with van der Waals surface area (Å²) in [7, 11) is 1.61. The third-order valence-corrected chi connectivity index (χ3v) is 8.96. The lowest BCUT2D eigenvalue weighted by Gasteiger charge is -2.45. The lowest BCUT2D eigenvalue weighted by molar-refractivity contribution is -0.153. The predicted molar refractivity (Wildman–Crippen MR) is 136 cm³/mol. The SMILES string of the molecule is COc1ccc(C[C@H]2NC(=O)[C@]34OC(=O)OC=C[C@](C)(O)C(=O)[C@H](C)CC=C[C@@H]3[C@H]3O[C@@]3(C)[C@H](C)[C@H]24)cc1. The Labute approximate surface area is 222 Å². The van der Waals surface area contributed by atoms with Gasteiger partial charge in [-0.3, -0.25) is 9.59 Å². The first-order valence-corrected chi connectivity index (χ1v) is 13.1. The van der Waals surface area contributed by atoms with Gasteiger partial charge in [0.05, 0.1) is 31.0 Å². The number of methoxy groups -OCH3 is 1. The fraction of sp³-hybridized carbons (Fsp3) is 0.552.